The lowest BCUT2D eigenvalue weighted by Crippen LogP contribution is -2.30. The molecule has 0 radical (unpaired) electrons. The first-order valence-corrected chi connectivity index (χ1v) is 6.19. The lowest BCUT2D eigenvalue weighted by Gasteiger charge is -2.22. The molecule has 0 aromatic rings. The summed E-state index contributed by atoms with van der Waals surface area (Å²) in [5.41, 5.74) is -0.114. The molecule has 4 heteroatoms. The van der Waals surface area contributed by atoms with Crippen LogP contribution in [-0.2, 0) is 14.3 Å². The van der Waals surface area contributed by atoms with E-state index in [4.69, 9.17) is 9.84 Å². The molecule has 2 unspecified atom stereocenters. The van der Waals surface area contributed by atoms with Gasteiger partial charge in [0, 0.05) is 0 Å². The van der Waals surface area contributed by atoms with E-state index in [0.29, 0.717) is 13.0 Å². The van der Waals surface area contributed by atoms with E-state index in [1.54, 1.807) is 19.1 Å². The number of esters is 1. The Balaban J connectivity index is 4.52. The van der Waals surface area contributed by atoms with Crippen LogP contribution in [0.3, 0.4) is 0 Å². The SMILES string of the molecule is CC=CCC(C(=O)O)C(C)C(=O)OCC(C)(C)C. The van der Waals surface area contributed by atoms with E-state index in [1.807, 2.05) is 27.7 Å². The molecule has 0 fully saturated rings. The molecular formula is C14H24O4. The Morgan fingerprint density at radius 3 is 2.28 bits per heavy atom. The van der Waals surface area contributed by atoms with E-state index in [-0.39, 0.29) is 5.41 Å². The van der Waals surface area contributed by atoms with E-state index in [2.05, 4.69) is 0 Å². The maximum atomic E-state index is 11.8. The van der Waals surface area contributed by atoms with E-state index in [9.17, 15) is 9.59 Å². The maximum absolute atomic E-state index is 11.8. The lowest BCUT2D eigenvalue weighted by molar-refractivity contribution is -0.158. The van der Waals surface area contributed by atoms with Gasteiger partial charge in [0.15, 0.2) is 0 Å². The second-order valence-electron chi connectivity index (χ2n) is 5.71. The van der Waals surface area contributed by atoms with Crippen molar-refractivity contribution in [2.24, 2.45) is 17.3 Å². The zero-order chi connectivity index (χ0) is 14.3. The number of carbonyl (C=O) groups is 2. The highest BCUT2D eigenvalue weighted by Gasteiger charge is 2.30. The standard InChI is InChI=1S/C14H24O4/c1-6-7-8-11(12(15)16)10(2)13(17)18-9-14(3,4)5/h6-7,10-11H,8-9H2,1-5H3,(H,15,16). The zero-order valence-electron chi connectivity index (χ0n) is 11.9. The summed E-state index contributed by atoms with van der Waals surface area (Å²) < 4.78 is 5.15. The minimum Gasteiger partial charge on any atom is -0.481 e. The summed E-state index contributed by atoms with van der Waals surface area (Å²) in [6.45, 7) is 9.60. The molecule has 0 bridgehead atoms. The average molecular weight is 256 g/mol. The van der Waals surface area contributed by atoms with Gasteiger partial charge in [-0.25, -0.2) is 0 Å². The Morgan fingerprint density at radius 1 is 1.33 bits per heavy atom. The second-order valence-corrected chi connectivity index (χ2v) is 5.71. The number of carboxylic acids is 1. The smallest absolute Gasteiger partial charge is 0.309 e. The molecular weight excluding hydrogens is 232 g/mol. The van der Waals surface area contributed by atoms with Gasteiger partial charge in [-0.05, 0) is 18.8 Å². The van der Waals surface area contributed by atoms with Crippen molar-refractivity contribution in [3.05, 3.63) is 12.2 Å². The molecule has 0 aliphatic rings. The topological polar surface area (TPSA) is 63.6 Å². The molecule has 0 spiro atoms. The Hall–Kier alpha value is -1.32. The summed E-state index contributed by atoms with van der Waals surface area (Å²) in [6, 6.07) is 0. The molecule has 18 heavy (non-hydrogen) atoms. The average Bonchev–Trinajstić information content (AvgIpc) is 2.24. The Kier molecular flexibility index (Phi) is 6.66. The van der Waals surface area contributed by atoms with Gasteiger partial charge in [0.05, 0.1) is 18.4 Å². The highest BCUT2D eigenvalue weighted by atomic mass is 16.5. The molecule has 104 valence electrons. The first-order valence-electron chi connectivity index (χ1n) is 6.19. The summed E-state index contributed by atoms with van der Waals surface area (Å²) >= 11 is 0. The van der Waals surface area contributed by atoms with Crippen LogP contribution >= 0.6 is 0 Å². The number of hydrogen-bond donors (Lipinski definition) is 1. The molecule has 1 N–H and O–H groups in total. The van der Waals surface area contributed by atoms with Crippen LogP contribution in [0.4, 0.5) is 0 Å². The summed E-state index contributed by atoms with van der Waals surface area (Å²) in [4.78, 5) is 22.9. The highest BCUT2D eigenvalue weighted by molar-refractivity contribution is 5.80. The predicted molar refractivity (Wildman–Crippen MR) is 70.1 cm³/mol. The van der Waals surface area contributed by atoms with Crippen molar-refractivity contribution in [1.82, 2.24) is 0 Å². The van der Waals surface area contributed by atoms with Gasteiger partial charge in [-0.3, -0.25) is 9.59 Å². The van der Waals surface area contributed by atoms with Crippen LogP contribution in [0.5, 0.6) is 0 Å². The van der Waals surface area contributed by atoms with Crippen LogP contribution in [0.15, 0.2) is 12.2 Å². The minimum absolute atomic E-state index is 0.114. The maximum Gasteiger partial charge on any atom is 0.309 e. The molecule has 0 aromatic heterocycles. The number of rotatable bonds is 6. The molecule has 0 heterocycles. The van der Waals surface area contributed by atoms with Crippen LogP contribution < -0.4 is 0 Å². The normalized spacial score (nSPS) is 15.4. The van der Waals surface area contributed by atoms with E-state index < -0.39 is 23.8 Å². The van der Waals surface area contributed by atoms with Crippen LogP contribution in [0, 0.1) is 17.3 Å². The Morgan fingerprint density at radius 2 is 1.89 bits per heavy atom. The summed E-state index contributed by atoms with van der Waals surface area (Å²) in [5.74, 6) is -2.77. The fraction of sp³-hybridized carbons (Fsp3) is 0.714. The van der Waals surface area contributed by atoms with E-state index in [0.717, 1.165) is 0 Å². The number of aliphatic carboxylic acids is 1. The van der Waals surface area contributed by atoms with Crippen molar-refractivity contribution in [3.8, 4) is 0 Å². The Bertz CT molecular complexity index is 312. The van der Waals surface area contributed by atoms with Crippen LogP contribution in [0.1, 0.15) is 41.0 Å². The highest BCUT2D eigenvalue weighted by Crippen LogP contribution is 2.20. The van der Waals surface area contributed by atoms with Crippen molar-refractivity contribution < 1.29 is 19.4 Å². The summed E-state index contributed by atoms with van der Waals surface area (Å²) in [6.07, 6.45) is 3.88. The minimum atomic E-state index is -0.965. The zero-order valence-corrected chi connectivity index (χ0v) is 11.9. The van der Waals surface area contributed by atoms with Crippen molar-refractivity contribution in [3.63, 3.8) is 0 Å². The third kappa shape index (κ3) is 6.42. The molecule has 0 amide bonds. The second kappa shape index (κ2) is 7.19. The number of carbonyl (C=O) groups excluding carboxylic acids is 1. The fourth-order valence-electron chi connectivity index (χ4n) is 1.38. The van der Waals surface area contributed by atoms with Gasteiger partial charge in [-0.2, -0.15) is 0 Å². The van der Waals surface area contributed by atoms with Crippen molar-refractivity contribution >= 4 is 11.9 Å². The van der Waals surface area contributed by atoms with E-state index in [1.165, 1.54) is 0 Å². The van der Waals surface area contributed by atoms with Crippen molar-refractivity contribution in [2.75, 3.05) is 6.61 Å². The molecule has 2 atom stereocenters. The van der Waals surface area contributed by atoms with Crippen molar-refractivity contribution in [1.29, 1.82) is 0 Å². The first-order chi connectivity index (χ1) is 8.19. The van der Waals surface area contributed by atoms with Gasteiger partial charge in [-0.1, -0.05) is 39.8 Å². The first kappa shape index (κ1) is 16.7. The summed E-state index contributed by atoms with van der Waals surface area (Å²) in [5, 5.41) is 9.11. The van der Waals surface area contributed by atoms with Gasteiger partial charge >= 0.3 is 11.9 Å². The van der Waals surface area contributed by atoms with E-state index >= 15 is 0 Å². The molecule has 0 saturated heterocycles. The fourth-order valence-corrected chi connectivity index (χ4v) is 1.38. The quantitative estimate of drug-likeness (QED) is 0.586. The number of ether oxygens (including phenoxy) is 1. The molecule has 0 aliphatic carbocycles. The molecule has 0 rings (SSSR count). The van der Waals surface area contributed by atoms with Gasteiger partial charge in [0.2, 0.25) is 0 Å². The summed E-state index contributed by atoms with van der Waals surface area (Å²) in [7, 11) is 0. The van der Waals surface area contributed by atoms with Crippen LogP contribution in [0.2, 0.25) is 0 Å². The molecule has 0 aromatic carbocycles. The number of allylic oxidation sites excluding steroid dienone is 2. The van der Waals surface area contributed by atoms with Gasteiger partial charge in [0.1, 0.15) is 0 Å². The van der Waals surface area contributed by atoms with Crippen LogP contribution in [0.25, 0.3) is 0 Å². The number of carboxylic acid groups (broad SMARTS) is 1. The molecule has 0 aliphatic heterocycles. The third-order valence-corrected chi connectivity index (χ3v) is 2.57. The third-order valence-electron chi connectivity index (χ3n) is 2.57. The van der Waals surface area contributed by atoms with Crippen molar-refractivity contribution in [2.45, 2.75) is 41.0 Å². The molecule has 4 nitrogen and oxygen atoms in total. The van der Waals surface area contributed by atoms with Gasteiger partial charge in [-0.15, -0.1) is 0 Å². The Labute approximate surface area is 109 Å². The number of hydrogen-bond acceptors (Lipinski definition) is 3. The monoisotopic (exact) mass is 256 g/mol. The lowest BCUT2D eigenvalue weighted by atomic mass is 9.90. The van der Waals surface area contributed by atoms with Gasteiger partial charge in [0.25, 0.3) is 0 Å². The van der Waals surface area contributed by atoms with Gasteiger partial charge < -0.3 is 9.84 Å². The molecule has 0 saturated carbocycles. The predicted octanol–water partition coefficient (Wildman–Crippen LogP) is 2.88. The van der Waals surface area contributed by atoms with Crippen LogP contribution in [-0.4, -0.2) is 23.7 Å². The largest absolute Gasteiger partial charge is 0.481 e.